The maximum absolute atomic E-state index is 13.3. The molecule has 0 aromatic heterocycles. The molecule has 0 heterocycles. The Kier molecular flexibility index (Phi) is 6.54. The molecule has 0 saturated carbocycles. The van der Waals surface area contributed by atoms with Gasteiger partial charge in [0.2, 0.25) is 10.0 Å². The van der Waals surface area contributed by atoms with Crippen LogP contribution in [-0.2, 0) is 10.0 Å². The van der Waals surface area contributed by atoms with Crippen LogP contribution in [0.15, 0.2) is 77.7 Å². The lowest BCUT2D eigenvalue weighted by Gasteiger charge is -2.22. The zero-order chi connectivity index (χ0) is 21.7. The predicted molar refractivity (Wildman–Crippen MR) is 116 cm³/mol. The summed E-state index contributed by atoms with van der Waals surface area (Å²) < 4.78 is 34.6. The molecule has 0 aliphatic rings. The minimum absolute atomic E-state index is 0.0172. The van der Waals surface area contributed by atoms with Gasteiger partial charge >= 0.3 is 0 Å². The number of carbonyl (C=O) groups excluding carboxylic acids is 1. The SMILES string of the molecule is CNC(=O)c1cc(S(=O)(=O)N[C@@H](c2ccccc2)c2ccccc2C)ccc1OC. The first-order valence-corrected chi connectivity index (χ1v) is 10.9. The van der Waals surface area contributed by atoms with Crippen molar-refractivity contribution in [3.63, 3.8) is 0 Å². The summed E-state index contributed by atoms with van der Waals surface area (Å²) in [5.74, 6) is -0.130. The van der Waals surface area contributed by atoms with Crippen LogP contribution in [0.25, 0.3) is 0 Å². The fourth-order valence-corrected chi connectivity index (χ4v) is 4.49. The van der Waals surface area contributed by atoms with Crippen LogP contribution in [-0.4, -0.2) is 28.5 Å². The van der Waals surface area contributed by atoms with Crippen molar-refractivity contribution in [3.8, 4) is 5.75 Å². The highest BCUT2D eigenvalue weighted by Gasteiger charge is 2.25. The van der Waals surface area contributed by atoms with E-state index in [-0.39, 0.29) is 10.5 Å². The lowest BCUT2D eigenvalue weighted by Crippen LogP contribution is -2.30. The molecule has 156 valence electrons. The molecule has 0 aliphatic heterocycles. The average molecular weight is 425 g/mol. The van der Waals surface area contributed by atoms with Crippen LogP contribution in [0.3, 0.4) is 0 Å². The Hall–Kier alpha value is -3.16. The Bertz CT molecular complexity index is 1140. The second-order valence-corrected chi connectivity index (χ2v) is 8.48. The van der Waals surface area contributed by atoms with E-state index in [1.165, 1.54) is 32.4 Å². The third-order valence-corrected chi connectivity index (χ3v) is 6.28. The molecule has 3 rings (SSSR count). The van der Waals surface area contributed by atoms with Crippen LogP contribution in [0.1, 0.15) is 33.1 Å². The quantitative estimate of drug-likeness (QED) is 0.609. The van der Waals surface area contributed by atoms with Gasteiger partial charge in [-0.3, -0.25) is 4.79 Å². The Labute approximate surface area is 177 Å². The summed E-state index contributed by atoms with van der Waals surface area (Å²) in [5.41, 5.74) is 2.78. The average Bonchev–Trinajstić information content (AvgIpc) is 2.77. The van der Waals surface area contributed by atoms with E-state index in [1.54, 1.807) is 0 Å². The van der Waals surface area contributed by atoms with Crippen LogP contribution < -0.4 is 14.8 Å². The van der Waals surface area contributed by atoms with Crippen LogP contribution in [0, 0.1) is 6.92 Å². The second kappa shape index (κ2) is 9.11. The molecule has 0 spiro atoms. The van der Waals surface area contributed by atoms with E-state index in [1.807, 2.05) is 61.5 Å². The van der Waals surface area contributed by atoms with Gasteiger partial charge in [0.15, 0.2) is 0 Å². The minimum atomic E-state index is -3.95. The molecule has 1 atom stereocenters. The number of amides is 1. The molecule has 3 aromatic rings. The van der Waals surface area contributed by atoms with Crippen LogP contribution in [0.2, 0.25) is 0 Å². The number of sulfonamides is 1. The van der Waals surface area contributed by atoms with Gasteiger partial charge in [-0.05, 0) is 41.8 Å². The van der Waals surface area contributed by atoms with Crippen molar-refractivity contribution in [1.29, 1.82) is 0 Å². The van der Waals surface area contributed by atoms with Crippen LogP contribution in [0.4, 0.5) is 0 Å². The van der Waals surface area contributed by atoms with E-state index in [4.69, 9.17) is 4.74 Å². The number of nitrogens with one attached hydrogen (secondary N) is 2. The van der Waals surface area contributed by atoms with Gasteiger partial charge < -0.3 is 10.1 Å². The molecule has 0 unspecified atom stereocenters. The normalized spacial score (nSPS) is 12.2. The summed E-state index contributed by atoms with van der Waals surface area (Å²) in [4.78, 5) is 12.2. The van der Waals surface area contributed by atoms with Crippen molar-refractivity contribution in [2.24, 2.45) is 0 Å². The molecule has 3 aromatic carbocycles. The number of methoxy groups -OCH3 is 1. The monoisotopic (exact) mass is 424 g/mol. The van der Waals surface area contributed by atoms with Crippen molar-refractivity contribution in [2.45, 2.75) is 17.9 Å². The van der Waals surface area contributed by atoms with E-state index in [2.05, 4.69) is 10.0 Å². The predicted octanol–water partition coefficient (Wildman–Crippen LogP) is 3.43. The summed E-state index contributed by atoms with van der Waals surface area (Å²) in [7, 11) is -1.04. The highest BCUT2D eigenvalue weighted by Crippen LogP contribution is 2.28. The first kappa shape index (κ1) is 21.5. The zero-order valence-electron chi connectivity index (χ0n) is 17.0. The first-order valence-electron chi connectivity index (χ1n) is 9.40. The molecule has 0 aliphatic carbocycles. The number of aryl methyl sites for hydroxylation is 1. The van der Waals surface area contributed by atoms with Crippen molar-refractivity contribution in [3.05, 3.63) is 95.1 Å². The van der Waals surface area contributed by atoms with Crippen LogP contribution >= 0.6 is 0 Å². The first-order chi connectivity index (χ1) is 14.4. The number of hydrogen-bond donors (Lipinski definition) is 2. The maximum atomic E-state index is 13.3. The van der Waals surface area contributed by atoms with E-state index in [0.29, 0.717) is 5.75 Å². The molecular weight excluding hydrogens is 400 g/mol. The largest absolute Gasteiger partial charge is 0.496 e. The number of carbonyl (C=O) groups is 1. The highest BCUT2D eigenvalue weighted by atomic mass is 32.2. The topological polar surface area (TPSA) is 84.5 Å². The van der Waals surface area contributed by atoms with Crippen molar-refractivity contribution >= 4 is 15.9 Å². The van der Waals surface area contributed by atoms with Crippen LogP contribution in [0.5, 0.6) is 5.75 Å². The molecular formula is C23H24N2O4S. The molecule has 6 nitrogen and oxygen atoms in total. The fourth-order valence-electron chi connectivity index (χ4n) is 3.26. The summed E-state index contributed by atoms with van der Waals surface area (Å²) in [6.07, 6.45) is 0. The third kappa shape index (κ3) is 4.53. The minimum Gasteiger partial charge on any atom is -0.496 e. The van der Waals surface area contributed by atoms with E-state index < -0.39 is 22.0 Å². The number of rotatable bonds is 7. The molecule has 7 heteroatoms. The highest BCUT2D eigenvalue weighted by molar-refractivity contribution is 7.89. The van der Waals surface area contributed by atoms with Gasteiger partial charge in [0, 0.05) is 7.05 Å². The lowest BCUT2D eigenvalue weighted by molar-refractivity contribution is 0.0960. The van der Waals surface area contributed by atoms with Crippen molar-refractivity contribution in [1.82, 2.24) is 10.0 Å². The standard InChI is InChI=1S/C23H24N2O4S/c1-16-9-7-8-12-19(16)22(17-10-5-4-6-11-17)25-30(27,28)18-13-14-21(29-3)20(15-18)23(26)24-2/h4-15,22,25H,1-3H3,(H,24,26)/t22-/m0/s1. The summed E-state index contributed by atoms with van der Waals surface area (Å²) in [5, 5.41) is 2.50. The molecule has 0 radical (unpaired) electrons. The van der Waals surface area contributed by atoms with Crippen molar-refractivity contribution < 1.29 is 17.9 Å². The van der Waals surface area contributed by atoms with E-state index in [0.717, 1.165) is 16.7 Å². The second-order valence-electron chi connectivity index (χ2n) is 6.76. The zero-order valence-corrected chi connectivity index (χ0v) is 17.9. The molecule has 1 amide bonds. The number of benzene rings is 3. The Balaban J connectivity index is 2.06. The van der Waals surface area contributed by atoms with E-state index >= 15 is 0 Å². The van der Waals surface area contributed by atoms with Gasteiger partial charge in [0.1, 0.15) is 5.75 Å². The Morgan fingerprint density at radius 3 is 2.27 bits per heavy atom. The lowest BCUT2D eigenvalue weighted by atomic mass is 9.96. The van der Waals surface area contributed by atoms with Gasteiger partial charge in [-0.1, -0.05) is 54.6 Å². The molecule has 0 bridgehead atoms. The molecule has 0 fully saturated rings. The third-order valence-electron chi connectivity index (χ3n) is 4.86. The molecule has 0 saturated heterocycles. The van der Waals surface area contributed by atoms with Gasteiger partial charge in [-0.25, -0.2) is 8.42 Å². The van der Waals surface area contributed by atoms with Gasteiger partial charge in [-0.15, -0.1) is 0 Å². The summed E-state index contributed by atoms with van der Waals surface area (Å²) in [6, 6.07) is 20.6. The fraction of sp³-hybridized carbons (Fsp3) is 0.174. The Morgan fingerprint density at radius 1 is 0.967 bits per heavy atom. The van der Waals surface area contributed by atoms with Crippen molar-refractivity contribution in [2.75, 3.05) is 14.2 Å². The van der Waals surface area contributed by atoms with Gasteiger partial charge in [-0.2, -0.15) is 4.72 Å². The molecule has 2 N–H and O–H groups in total. The number of ether oxygens (including phenoxy) is 1. The summed E-state index contributed by atoms with van der Waals surface area (Å²) in [6.45, 7) is 1.94. The van der Waals surface area contributed by atoms with Gasteiger partial charge in [0.05, 0.1) is 23.6 Å². The van der Waals surface area contributed by atoms with E-state index in [9.17, 15) is 13.2 Å². The summed E-state index contributed by atoms with van der Waals surface area (Å²) >= 11 is 0. The maximum Gasteiger partial charge on any atom is 0.254 e. The Morgan fingerprint density at radius 2 is 1.63 bits per heavy atom. The smallest absolute Gasteiger partial charge is 0.254 e. The number of hydrogen-bond acceptors (Lipinski definition) is 4. The van der Waals surface area contributed by atoms with Gasteiger partial charge in [0.25, 0.3) is 5.91 Å². The molecule has 30 heavy (non-hydrogen) atoms.